The molecule has 1 aliphatic rings. The van der Waals surface area contributed by atoms with Crippen molar-refractivity contribution in [3.05, 3.63) is 63.7 Å². The lowest BCUT2D eigenvalue weighted by atomic mass is 10.1. The van der Waals surface area contributed by atoms with Crippen molar-refractivity contribution in [2.75, 3.05) is 31.1 Å². The third-order valence-electron chi connectivity index (χ3n) is 5.95. The number of nitrogens with one attached hydrogen (secondary N) is 1. The summed E-state index contributed by atoms with van der Waals surface area (Å²) < 4.78 is 26.7. The molecule has 0 spiro atoms. The Hall–Kier alpha value is -2.98. The van der Waals surface area contributed by atoms with Crippen LogP contribution in [0.25, 0.3) is 0 Å². The third-order valence-corrected chi connectivity index (χ3v) is 8.02. The van der Waals surface area contributed by atoms with Crippen LogP contribution in [-0.4, -0.2) is 49.7 Å². The van der Waals surface area contributed by atoms with Crippen LogP contribution in [0.2, 0.25) is 0 Å². The summed E-state index contributed by atoms with van der Waals surface area (Å²) in [5, 5.41) is 14.4. The Morgan fingerprint density at radius 2 is 1.73 bits per heavy atom. The van der Waals surface area contributed by atoms with Crippen molar-refractivity contribution in [3.8, 4) is 0 Å². The number of sulfonamides is 1. The maximum Gasteiger partial charge on any atom is 0.293 e. The normalized spacial score (nSPS) is 15.0. The number of nitrogens with zero attached hydrogens (tertiary/aromatic N) is 3. The van der Waals surface area contributed by atoms with Crippen molar-refractivity contribution >= 4 is 27.3 Å². The Bertz CT molecular complexity index is 1110. The fraction of sp³-hybridized carbons (Fsp3) is 0.435. The zero-order valence-corrected chi connectivity index (χ0v) is 20.0. The molecular weight excluding hydrogens is 444 g/mol. The minimum atomic E-state index is -3.56. The number of rotatable bonds is 9. The van der Waals surface area contributed by atoms with Crippen LogP contribution >= 0.6 is 0 Å². The second kappa shape index (κ2) is 10.3. The van der Waals surface area contributed by atoms with Gasteiger partial charge in [-0.25, -0.2) is 8.42 Å². The van der Waals surface area contributed by atoms with Gasteiger partial charge in [0.25, 0.3) is 11.6 Å². The van der Waals surface area contributed by atoms with Crippen LogP contribution in [0.5, 0.6) is 0 Å². The molecule has 0 saturated carbocycles. The van der Waals surface area contributed by atoms with E-state index in [1.54, 1.807) is 45.0 Å². The van der Waals surface area contributed by atoms with Crippen LogP contribution in [0.4, 0.5) is 11.4 Å². The molecule has 33 heavy (non-hydrogen) atoms. The Kier molecular flexibility index (Phi) is 7.70. The number of amides is 1. The van der Waals surface area contributed by atoms with E-state index in [2.05, 4.69) is 5.32 Å². The third kappa shape index (κ3) is 5.33. The van der Waals surface area contributed by atoms with Crippen LogP contribution in [-0.2, 0) is 10.0 Å². The first-order chi connectivity index (χ1) is 15.7. The number of carbonyl (C=O) groups excluding carboxylic acids is 1. The summed E-state index contributed by atoms with van der Waals surface area (Å²) in [4.78, 5) is 26.1. The maximum atomic E-state index is 12.8. The van der Waals surface area contributed by atoms with E-state index >= 15 is 0 Å². The molecule has 0 bridgehead atoms. The number of anilines is 1. The SMILES string of the molecule is CCN(CC)S(=O)(=O)c1ccc([C@H](C)NC(=O)c2ccc(N3CCCC3)c([N+](=O)[O-])c2)cc1. The molecule has 3 rings (SSSR count). The Labute approximate surface area is 194 Å². The molecule has 1 N–H and O–H groups in total. The summed E-state index contributed by atoms with van der Waals surface area (Å²) >= 11 is 0. The topological polar surface area (TPSA) is 113 Å². The Morgan fingerprint density at radius 3 is 2.27 bits per heavy atom. The van der Waals surface area contributed by atoms with Gasteiger partial charge in [0, 0.05) is 37.8 Å². The molecular formula is C23H30N4O5S. The van der Waals surface area contributed by atoms with E-state index in [0.717, 1.165) is 31.5 Å². The average Bonchev–Trinajstić information content (AvgIpc) is 3.34. The lowest BCUT2D eigenvalue weighted by molar-refractivity contribution is -0.384. The molecule has 1 heterocycles. The van der Waals surface area contributed by atoms with Crippen LogP contribution < -0.4 is 10.2 Å². The van der Waals surface area contributed by atoms with E-state index in [4.69, 9.17) is 0 Å². The number of hydrogen-bond acceptors (Lipinski definition) is 6. The van der Waals surface area contributed by atoms with Gasteiger partial charge in [-0.1, -0.05) is 26.0 Å². The van der Waals surface area contributed by atoms with E-state index in [1.807, 2.05) is 4.90 Å². The summed E-state index contributed by atoms with van der Waals surface area (Å²) in [6.07, 6.45) is 1.98. The molecule has 1 atom stereocenters. The van der Waals surface area contributed by atoms with Crippen molar-refractivity contribution in [2.24, 2.45) is 0 Å². The van der Waals surface area contributed by atoms with Gasteiger partial charge in [-0.2, -0.15) is 4.31 Å². The predicted molar refractivity (Wildman–Crippen MR) is 127 cm³/mol. The fourth-order valence-corrected chi connectivity index (χ4v) is 5.50. The first-order valence-corrected chi connectivity index (χ1v) is 12.6. The summed E-state index contributed by atoms with van der Waals surface area (Å²) in [6, 6.07) is 10.5. The number of nitro benzene ring substituents is 1. The van der Waals surface area contributed by atoms with Gasteiger partial charge in [-0.3, -0.25) is 14.9 Å². The zero-order chi connectivity index (χ0) is 24.2. The van der Waals surface area contributed by atoms with Crippen molar-refractivity contribution in [1.82, 2.24) is 9.62 Å². The van der Waals surface area contributed by atoms with Crippen molar-refractivity contribution in [3.63, 3.8) is 0 Å². The van der Waals surface area contributed by atoms with Gasteiger partial charge in [0.05, 0.1) is 15.9 Å². The van der Waals surface area contributed by atoms with Gasteiger partial charge in [0.15, 0.2) is 0 Å². The Morgan fingerprint density at radius 1 is 1.12 bits per heavy atom. The first kappa shape index (κ1) is 24.7. The molecule has 1 saturated heterocycles. The largest absolute Gasteiger partial charge is 0.366 e. The average molecular weight is 475 g/mol. The molecule has 178 valence electrons. The molecule has 1 aliphatic heterocycles. The quantitative estimate of drug-likeness (QED) is 0.438. The van der Waals surface area contributed by atoms with Gasteiger partial charge in [0.1, 0.15) is 5.69 Å². The van der Waals surface area contributed by atoms with Crippen LogP contribution in [0.3, 0.4) is 0 Å². The van der Waals surface area contributed by atoms with E-state index < -0.39 is 26.9 Å². The minimum absolute atomic E-state index is 0.0804. The molecule has 0 aromatic heterocycles. The highest BCUT2D eigenvalue weighted by molar-refractivity contribution is 7.89. The maximum absolute atomic E-state index is 12.8. The monoisotopic (exact) mass is 474 g/mol. The molecule has 9 nitrogen and oxygen atoms in total. The smallest absolute Gasteiger partial charge is 0.293 e. The predicted octanol–water partition coefficient (Wildman–Crippen LogP) is 3.72. The molecule has 0 aliphatic carbocycles. The fourth-order valence-electron chi connectivity index (χ4n) is 4.04. The molecule has 1 fully saturated rings. The Balaban J connectivity index is 1.75. The highest BCUT2D eigenvalue weighted by Gasteiger charge is 2.25. The molecule has 10 heteroatoms. The lowest BCUT2D eigenvalue weighted by Crippen LogP contribution is -2.30. The minimum Gasteiger partial charge on any atom is -0.366 e. The molecule has 2 aromatic rings. The van der Waals surface area contributed by atoms with Gasteiger partial charge >= 0.3 is 0 Å². The summed E-state index contributed by atoms with van der Waals surface area (Å²) in [7, 11) is -3.56. The number of hydrogen-bond donors (Lipinski definition) is 1. The molecule has 2 aromatic carbocycles. The number of nitro groups is 1. The van der Waals surface area contributed by atoms with Gasteiger partial charge < -0.3 is 10.2 Å². The molecule has 0 unspecified atom stereocenters. The number of benzene rings is 2. The summed E-state index contributed by atoms with van der Waals surface area (Å²) in [5.41, 5.74) is 1.39. The highest BCUT2D eigenvalue weighted by Crippen LogP contribution is 2.32. The van der Waals surface area contributed by atoms with Crippen LogP contribution in [0.1, 0.15) is 55.6 Å². The first-order valence-electron chi connectivity index (χ1n) is 11.1. The van der Waals surface area contributed by atoms with E-state index in [-0.39, 0.29) is 16.1 Å². The van der Waals surface area contributed by atoms with Crippen LogP contribution in [0.15, 0.2) is 47.4 Å². The van der Waals surface area contributed by atoms with Gasteiger partial charge in [-0.15, -0.1) is 0 Å². The van der Waals surface area contributed by atoms with Gasteiger partial charge in [-0.05, 0) is 49.6 Å². The molecule has 0 radical (unpaired) electrons. The second-order valence-electron chi connectivity index (χ2n) is 8.01. The van der Waals surface area contributed by atoms with E-state index in [9.17, 15) is 23.3 Å². The van der Waals surface area contributed by atoms with Crippen molar-refractivity contribution < 1.29 is 18.1 Å². The van der Waals surface area contributed by atoms with Crippen molar-refractivity contribution in [2.45, 2.75) is 44.6 Å². The lowest BCUT2D eigenvalue weighted by Gasteiger charge is -2.20. The summed E-state index contributed by atoms with van der Waals surface area (Å²) in [6.45, 7) is 7.65. The van der Waals surface area contributed by atoms with E-state index in [0.29, 0.717) is 18.8 Å². The summed E-state index contributed by atoms with van der Waals surface area (Å²) in [5.74, 6) is -0.432. The second-order valence-corrected chi connectivity index (χ2v) is 9.95. The highest BCUT2D eigenvalue weighted by atomic mass is 32.2. The van der Waals surface area contributed by atoms with Crippen LogP contribution in [0, 0.1) is 10.1 Å². The number of carbonyl (C=O) groups is 1. The van der Waals surface area contributed by atoms with E-state index in [1.165, 1.54) is 22.5 Å². The molecule has 1 amide bonds. The zero-order valence-electron chi connectivity index (χ0n) is 19.2. The van der Waals surface area contributed by atoms with Gasteiger partial charge in [0.2, 0.25) is 10.0 Å². The standard InChI is InChI=1S/C23H30N4O5S/c1-4-26(5-2)33(31,32)20-11-8-18(9-12-20)17(3)24-23(28)19-10-13-21(22(16-19)27(29)30)25-14-6-7-15-25/h8-13,16-17H,4-7,14-15H2,1-3H3,(H,24,28)/t17-/m0/s1. The van der Waals surface area contributed by atoms with Crippen molar-refractivity contribution in [1.29, 1.82) is 0 Å².